The van der Waals surface area contributed by atoms with Crippen molar-refractivity contribution >= 4 is 35.3 Å². The largest absolute Gasteiger partial charge is 0.342 e. The van der Waals surface area contributed by atoms with Gasteiger partial charge in [0, 0.05) is 50.0 Å². The van der Waals surface area contributed by atoms with Gasteiger partial charge >= 0.3 is 6.03 Å². The molecule has 4 aliphatic rings. The summed E-state index contributed by atoms with van der Waals surface area (Å²) < 4.78 is 15.5. The standard InChI is InChI=1S/C36H48FN5O3S.4H2/c1-36(2,3)16-22-42-33(44)30(46-34(42)27-8-6-9-28(37)32(27)25-11-17-38-18-12-25)23-31(43)40-19-14-26(15-20-40)41-21-13-24-7-4-5-10-29(24)39-35(41)45;;;;/h4-10,25-26,30,34,38H,11-23H2,1-3H3,(H,39,45);4*1H/t30-,34?;;;;/m0..../s1. The van der Waals surface area contributed by atoms with Crippen LogP contribution in [0, 0.1) is 11.2 Å². The lowest BCUT2D eigenvalue weighted by molar-refractivity contribution is -0.137. The van der Waals surface area contributed by atoms with Crippen LogP contribution >= 0.6 is 11.8 Å². The number of anilines is 1. The average molecular weight is 658 g/mol. The summed E-state index contributed by atoms with van der Waals surface area (Å²) in [5.41, 5.74) is 3.66. The van der Waals surface area contributed by atoms with Crippen molar-refractivity contribution in [2.24, 2.45) is 5.41 Å². The molecule has 0 bridgehead atoms. The van der Waals surface area contributed by atoms with Gasteiger partial charge in [-0.25, -0.2) is 9.18 Å². The minimum Gasteiger partial charge on any atom is -0.342 e. The molecule has 6 rings (SSSR count). The molecule has 0 saturated carbocycles. The molecular weight excluding hydrogens is 601 g/mol. The maximum absolute atomic E-state index is 15.5. The average Bonchev–Trinajstić information content (AvgIpc) is 3.23. The Labute approximate surface area is 282 Å². The number of benzene rings is 2. The highest BCUT2D eigenvalue weighted by molar-refractivity contribution is 8.01. The molecule has 8 nitrogen and oxygen atoms in total. The lowest BCUT2D eigenvalue weighted by atomic mass is 9.86. The fraction of sp³-hybridized carbons (Fsp3) is 0.583. The Hall–Kier alpha value is -3.11. The summed E-state index contributed by atoms with van der Waals surface area (Å²) in [5, 5.41) is 5.62. The molecule has 2 aromatic carbocycles. The van der Waals surface area contributed by atoms with E-state index in [9.17, 15) is 14.4 Å². The molecule has 4 amide bonds. The van der Waals surface area contributed by atoms with Gasteiger partial charge in [0.2, 0.25) is 11.8 Å². The summed E-state index contributed by atoms with van der Waals surface area (Å²) >= 11 is 1.52. The third-order valence-corrected chi connectivity index (χ3v) is 11.6. The fourth-order valence-electron chi connectivity index (χ4n) is 7.41. The van der Waals surface area contributed by atoms with Crippen LogP contribution in [0.2, 0.25) is 0 Å². The molecular formula is C36H56FN5O3S. The third kappa shape index (κ3) is 7.23. The molecule has 0 aromatic heterocycles. The Morgan fingerprint density at radius 3 is 2.48 bits per heavy atom. The van der Waals surface area contributed by atoms with Crippen molar-refractivity contribution < 1.29 is 24.5 Å². The zero-order valence-corrected chi connectivity index (χ0v) is 28.2. The van der Waals surface area contributed by atoms with Gasteiger partial charge in [-0.2, -0.15) is 0 Å². The van der Waals surface area contributed by atoms with E-state index < -0.39 is 5.25 Å². The van der Waals surface area contributed by atoms with Gasteiger partial charge in [-0.05, 0) is 91.8 Å². The van der Waals surface area contributed by atoms with Crippen molar-refractivity contribution in [1.82, 2.24) is 20.0 Å². The van der Waals surface area contributed by atoms with Crippen molar-refractivity contribution in [3.8, 4) is 0 Å². The second-order valence-electron chi connectivity index (χ2n) is 14.4. The summed E-state index contributed by atoms with van der Waals surface area (Å²) in [6.45, 7) is 10.5. The number of piperidine rings is 2. The first-order chi connectivity index (χ1) is 22.1. The summed E-state index contributed by atoms with van der Waals surface area (Å²) in [6, 6.07) is 13.2. The molecule has 3 saturated heterocycles. The molecule has 46 heavy (non-hydrogen) atoms. The van der Waals surface area contributed by atoms with Crippen LogP contribution in [0.4, 0.5) is 14.9 Å². The van der Waals surface area contributed by atoms with Crippen LogP contribution in [-0.2, 0) is 16.0 Å². The van der Waals surface area contributed by atoms with Gasteiger partial charge in [0.05, 0.1) is 5.25 Å². The summed E-state index contributed by atoms with van der Waals surface area (Å²) in [4.78, 5) is 46.4. The third-order valence-electron chi connectivity index (χ3n) is 10.1. The molecule has 2 N–H and O–H groups in total. The van der Waals surface area contributed by atoms with E-state index in [2.05, 4.69) is 37.5 Å². The highest BCUT2D eigenvalue weighted by Gasteiger charge is 2.44. The number of likely N-dealkylation sites (tertiary alicyclic amines) is 1. The Kier molecular flexibility index (Phi) is 9.94. The molecule has 0 aliphatic carbocycles. The van der Waals surface area contributed by atoms with Gasteiger partial charge in [0.1, 0.15) is 11.2 Å². The molecule has 2 atom stereocenters. The smallest absolute Gasteiger partial charge is 0.322 e. The second-order valence-corrected chi connectivity index (χ2v) is 15.7. The van der Waals surface area contributed by atoms with Crippen LogP contribution in [0.5, 0.6) is 0 Å². The van der Waals surface area contributed by atoms with Gasteiger partial charge in [-0.15, -0.1) is 11.8 Å². The Morgan fingerprint density at radius 2 is 1.74 bits per heavy atom. The number of hydrogen-bond acceptors (Lipinski definition) is 5. The zero-order valence-electron chi connectivity index (χ0n) is 27.4. The molecule has 4 heterocycles. The summed E-state index contributed by atoms with van der Waals surface area (Å²) in [7, 11) is 0. The Morgan fingerprint density at radius 1 is 1.00 bits per heavy atom. The van der Waals surface area contributed by atoms with Crippen LogP contribution in [-0.4, -0.2) is 83.1 Å². The van der Waals surface area contributed by atoms with Crippen molar-refractivity contribution in [1.29, 1.82) is 0 Å². The first-order valence-corrected chi connectivity index (χ1v) is 17.9. The van der Waals surface area contributed by atoms with Crippen LogP contribution in [0.1, 0.15) is 93.0 Å². The van der Waals surface area contributed by atoms with Crippen LogP contribution < -0.4 is 10.6 Å². The number of rotatable bonds is 7. The van der Waals surface area contributed by atoms with E-state index in [1.807, 2.05) is 39.0 Å². The normalized spacial score (nSPS) is 23.3. The molecule has 256 valence electrons. The van der Waals surface area contributed by atoms with Crippen molar-refractivity contribution in [3.63, 3.8) is 0 Å². The number of urea groups is 1. The van der Waals surface area contributed by atoms with Gasteiger partial charge in [-0.1, -0.05) is 51.1 Å². The number of halogens is 1. The van der Waals surface area contributed by atoms with E-state index in [-0.39, 0.29) is 58.5 Å². The predicted molar refractivity (Wildman–Crippen MR) is 190 cm³/mol. The minimum absolute atomic E-state index is 0. The van der Waals surface area contributed by atoms with E-state index in [4.69, 9.17) is 0 Å². The predicted octanol–water partition coefficient (Wildman–Crippen LogP) is 7.13. The summed E-state index contributed by atoms with van der Waals surface area (Å²) in [6.07, 6.45) is 4.91. The lowest BCUT2D eigenvalue weighted by Gasteiger charge is -2.38. The number of hydrogen-bond donors (Lipinski definition) is 2. The number of thioether (sulfide) groups is 1. The number of para-hydroxylation sites is 1. The monoisotopic (exact) mass is 657 g/mol. The SMILES string of the molecule is CC(C)(C)CCN1C(=O)[C@H](CC(=O)N2CCC(N3CCc4ccccc4NC3=O)CC2)SC1c1cccc(F)c1C1CCNCC1.[HH].[HH].[HH].[HH]. The van der Waals surface area contributed by atoms with E-state index >= 15 is 4.39 Å². The molecule has 4 aliphatic heterocycles. The van der Waals surface area contributed by atoms with Crippen LogP contribution in [0.15, 0.2) is 42.5 Å². The zero-order chi connectivity index (χ0) is 32.4. The highest BCUT2D eigenvalue weighted by atomic mass is 32.2. The van der Waals surface area contributed by atoms with Crippen molar-refractivity contribution in [2.75, 3.05) is 44.6 Å². The molecule has 2 aromatic rings. The van der Waals surface area contributed by atoms with Crippen LogP contribution in [0.25, 0.3) is 0 Å². The van der Waals surface area contributed by atoms with E-state index in [1.165, 1.54) is 11.8 Å². The van der Waals surface area contributed by atoms with Gasteiger partial charge in [-0.3, -0.25) is 9.59 Å². The van der Waals surface area contributed by atoms with Crippen molar-refractivity contribution in [2.45, 2.75) is 88.3 Å². The molecule has 1 unspecified atom stereocenters. The maximum atomic E-state index is 15.5. The van der Waals surface area contributed by atoms with E-state index in [0.29, 0.717) is 39.0 Å². The minimum atomic E-state index is -0.505. The Balaban J connectivity index is 0.00000217. The van der Waals surface area contributed by atoms with Gasteiger partial charge in [0.15, 0.2) is 0 Å². The molecule has 3 fully saturated rings. The fourth-order valence-corrected chi connectivity index (χ4v) is 8.92. The van der Waals surface area contributed by atoms with E-state index in [1.54, 1.807) is 12.1 Å². The molecule has 0 radical (unpaired) electrons. The van der Waals surface area contributed by atoms with Crippen LogP contribution in [0.3, 0.4) is 0 Å². The number of carbonyl (C=O) groups is 3. The number of nitrogens with one attached hydrogen (secondary N) is 2. The molecule has 10 heteroatoms. The van der Waals surface area contributed by atoms with Gasteiger partial charge < -0.3 is 25.3 Å². The maximum Gasteiger partial charge on any atom is 0.322 e. The first kappa shape index (κ1) is 32.8. The number of nitrogens with zero attached hydrogens (tertiary/aromatic N) is 3. The highest BCUT2D eigenvalue weighted by Crippen LogP contribution is 2.48. The quantitative estimate of drug-likeness (QED) is 0.331. The lowest BCUT2D eigenvalue weighted by Crippen LogP contribution is -2.50. The number of amides is 4. The topological polar surface area (TPSA) is 85.0 Å². The second kappa shape index (κ2) is 13.9. The summed E-state index contributed by atoms with van der Waals surface area (Å²) in [5.74, 6) is -0.132. The molecule has 0 spiro atoms. The number of carbonyl (C=O) groups excluding carboxylic acids is 3. The Bertz CT molecular complexity index is 1450. The van der Waals surface area contributed by atoms with Gasteiger partial charge in [0.25, 0.3) is 0 Å². The number of fused-ring (bicyclic) bond motifs is 1. The van der Waals surface area contributed by atoms with E-state index in [0.717, 1.165) is 61.2 Å². The first-order valence-electron chi connectivity index (χ1n) is 17.0. The van der Waals surface area contributed by atoms with Crippen molar-refractivity contribution in [3.05, 3.63) is 65.0 Å².